The van der Waals surface area contributed by atoms with Crippen molar-refractivity contribution in [2.75, 3.05) is 6.54 Å². The molecule has 6 nitrogen and oxygen atoms in total. The third-order valence-corrected chi connectivity index (χ3v) is 9.09. The summed E-state index contributed by atoms with van der Waals surface area (Å²) in [5.74, 6) is 1.29. The number of aromatic nitrogens is 1. The molecule has 204 valence electrons. The van der Waals surface area contributed by atoms with Crippen LogP contribution < -0.4 is 5.32 Å². The minimum absolute atomic E-state index is 0.0991. The Hall–Kier alpha value is -2.83. The lowest BCUT2D eigenvalue weighted by Crippen LogP contribution is -2.51. The summed E-state index contributed by atoms with van der Waals surface area (Å²) in [5.41, 5.74) is 5.85. The molecule has 38 heavy (non-hydrogen) atoms. The average Bonchev–Trinajstić information content (AvgIpc) is 3.55. The van der Waals surface area contributed by atoms with Crippen LogP contribution in [-0.4, -0.2) is 39.8 Å². The Morgan fingerprint density at radius 1 is 1.21 bits per heavy atom. The van der Waals surface area contributed by atoms with Crippen LogP contribution in [0, 0.1) is 29.6 Å². The molecule has 2 saturated carbocycles. The number of carbonyl (C=O) groups is 1. The molecule has 0 radical (unpaired) electrons. The summed E-state index contributed by atoms with van der Waals surface area (Å²) in [6.45, 7) is 9.44. The molecule has 4 aliphatic rings. The summed E-state index contributed by atoms with van der Waals surface area (Å²) in [4.78, 5) is 19.4. The van der Waals surface area contributed by atoms with Crippen molar-refractivity contribution >= 4 is 17.3 Å². The molecule has 1 aromatic rings. The number of likely N-dealkylation sites (tertiary alicyclic amines) is 1. The van der Waals surface area contributed by atoms with Crippen LogP contribution in [0.2, 0.25) is 0 Å². The predicted molar refractivity (Wildman–Crippen MR) is 150 cm³/mol. The number of rotatable bonds is 8. The molecule has 3 fully saturated rings. The fourth-order valence-electron chi connectivity index (χ4n) is 6.86. The number of pyridine rings is 1. The third kappa shape index (κ3) is 5.62. The van der Waals surface area contributed by atoms with Gasteiger partial charge in [-0.1, -0.05) is 44.9 Å². The smallest absolute Gasteiger partial charge is 0.223 e. The van der Waals surface area contributed by atoms with Gasteiger partial charge in [-0.3, -0.25) is 4.79 Å². The topological polar surface area (TPSA) is 70.0 Å². The van der Waals surface area contributed by atoms with E-state index < -0.39 is 5.95 Å². The van der Waals surface area contributed by atoms with Crippen LogP contribution in [0.15, 0.2) is 52.0 Å². The zero-order valence-electron chi connectivity index (χ0n) is 23.3. The van der Waals surface area contributed by atoms with E-state index in [1.807, 2.05) is 0 Å². The van der Waals surface area contributed by atoms with E-state index in [9.17, 15) is 9.18 Å². The molecule has 0 aromatic carbocycles. The monoisotopic (exact) mass is 519 g/mol. The highest BCUT2D eigenvalue weighted by atomic mass is 19.1. The van der Waals surface area contributed by atoms with Crippen LogP contribution in [0.3, 0.4) is 0 Å². The van der Waals surface area contributed by atoms with Crippen molar-refractivity contribution in [3.63, 3.8) is 0 Å². The zero-order chi connectivity index (χ0) is 26.8. The Morgan fingerprint density at radius 2 is 2.00 bits per heavy atom. The largest absolute Gasteiger partial charge is 0.371 e. The molecule has 2 aliphatic carbocycles. The molecule has 0 spiro atoms. The highest BCUT2D eigenvalue weighted by molar-refractivity contribution is 6.06. The number of hydrogen-bond donors (Lipinski definition) is 1. The Kier molecular flexibility index (Phi) is 8.10. The molecule has 1 saturated heterocycles. The first-order chi connectivity index (χ1) is 18.3. The minimum Gasteiger partial charge on any atom is -0.371 e. The van der Waals surface area contributed by atoms with Crippen molar-refractivity contribution in [1.82, 2.24) is 15.2 Å². The summed E-state index contributed by atoms with van der Waals surface area (Å²) in [6, 6.07) is 3.52. The van der Waals surface area contributed by atoms with Crippen molar-refractivity contribution in [1.29, 1.82) is 0 Å². The number of allylic oxidation sites excluding steroid dienone is 3. The lowest BCUT2D eigenvalue weighted by Gasteiger charge is -2.49. The summed E-state index contributed by atoms with van der Waals surface area (Å²) in [6.07, 6.45) is 14.5. The van der Waals surface area contributed by atoms with Crippen molar-refractivity contribution < 1.29 is 9.18 Å². The summed E-state index contributed by atoms with van der Waals surface area (Å²) >= 11 is 0. The number of amides is 1. The van der Waals surface area contributed by atoms with Crippen molar-refractivity contribution in [3.8, 4) is 0 Å². The van der Waals surface area contributed by atoms with Gasteiger partial charge in [0.1, 0.15) is 0 Å². The number of hydrogen-bond acceptors (Lipinski definition) is 5. The van der Waals surface area contributed by atoms with Crippen LogP contribution in [0.25, 0.3) is 0 Å². The van der Waals surface area contributed by atoms with Gasteiger partial charge in [0, 0.05) is 48.4 Å². The van der Waals surface area contributed by atoms with Crippen LogP contribution >= 0.6 is 0 Å². The van der Waals surface area contributed by atoms with Gasteiger partial charge in [0.15, 0.2) is 0 Å². The maximum Gasteiger partial charge on any atom is 0.223 e. The SMILES string of the molecule is C/C=C1\C2CC(/C=C3/CC(C(C)C)=NN=C3C)CC2N1CC[C@H](NC(=O)C1CCCC1)c1ccc(F)nc1. The van der Waals surface area contributed by atoms with Crippen LogP contribution in [0.1, 0.15) is 90.7 Å². The van der Waals surface area contributed by atoms with Crippen LogP contribution in [-0.2, 0) is 4.79 Å². The van der Waals surface area contributed by atoms with Gasteiger partial charge in [-0.05, 0) is 75.0 Å². The Labute approximate surface area is 226 Å². The van der Waals surface area contributed by atoms with E-state index in [1.54, 1.807) is 12.3 Å². The quantitative estimate of drug-likeness (QED) is 0.406. The van der Waals surface area contributed by atoms with Gasteiger partial charge in [-0.25, -0.2) is 4.98 Å². The van der Waals surface area contributed by atoms with E-state index >= 15 is 0 Å². The number of nitrogens with zero attached hydrogens (tertiary/aromatic N) is 4. The van der Waals surface area contributed by atoms with E-state index in [0.717, 1.165) is 62.8 Å². The third-order valence-electron chi connectivity index (χ3n) is 9.09. The maximum atomic E-state index is 13.5. The minimum atomic E-state index is -0.493. The van der Waals surface area contributed by atoms with Gasteiger partial charge in [0.05, 0.1) is 11.8 Å². The second-order valence-corrected chi connectivity index (χ2v) is 11.9. The fourth-order valence-corrected chi connectivity index (χ4v) is 6.86. The first-order valence-electron chi connectivity index (χ1n) is 14.5. The van der Waals surface area contributed by atoms with Crippen LogP contribution in [0.5, 0.6) is 0 Å². The van der Waals surface area contributed by atoms with Gasteiger partial charge < -0.3 is 10.2 Å². The van der Waals surface area contributed by atoms with E-state index in [4.69, 9.17) is 0 Å². The van der Waals surface area contributed by atoms with E-state index in [2.05, 4.69) is 65.3 Å². The molecule has 2 aliphatic heterocycles. The second-order valence-electron chi connectivity index (χ2n) is 11.9. The number of halogens is 1. The van der Waals surface area contributed by atoms with Gasteiger partial charge in [-0.15, -0.1) is 0 Å². The molecule has 1 amide bonds. The lowest BCUT2D eigenvalue weighted by molar-refractivity contribution is -0.125. The number of carbonyl (C=O) groups excluding carboxylic acids is 1. The average molecular weight is 520 g/mol. The van der Waals surface area contributed by atoms with Crippen LogP contribution in [0.4, 0.5) is 4.39 Å². The first kappa shape index (κ1) is 26.8. The number of nitrogens with one attached hydrogen (secondary N) is 1. The Morgan fingerprint density at radius 3 is 2.68 bits per heavy atom. The molecule has 3 unspecified atom stereocenters. The molecular formula is C31H42FN5O. The number of fused-ring (bicyclic) bond motifs is 1. The van der Waals surface area contributed by atoms with E-state index in [-0.39, 0.29) is 17.9 Å². The molecular weight excluding hydrogens is 477 g/mol. The van der Waals surface area contributed by atoms with E-state index in [0.29, 0.717) is 23.8 Å². The Bertz CT molecular complexity index is 1150. The normalized spacial score (nSPS) is 28.4. The van der Waals surface area contributed by atoms with Crippen molar-refractivity contribution in [2.24, 2.45) is 33.9 Å². The molecule has 5 rings (SSSR count). The summed E-state index contributed by atoms with van der Waals surface area (Å²) in [5, 5.41) is 12.2. The second kappa shape index (κ2) is 11.5. The zero-order valence-corrected chi connectivity index (χ0v) is 23.3. The summed E-state index contributed by atoms with van der Waals surface area (Å²) < 4.78 is 13.5. The molecule has 1 aromatic heterocycles. The van der Waals surface area contributed by atoms with Crippen molar-refractivity contribution in [3.05, 3.63) is 53.3 Å². The van der Waals surface area contributed by atoms with Gasteiger partial charge in [-0.2, -0.15) is 14.6 Å². The first-order valence-corrected chi connectivity index (χ1v) is 14.5. The lowest BCUT2D eigenvalue weighted by atomic mass is 9.86. The summed E-state index contributed by atoms with van der Waals surface area (Å²) in [7, 11) is 0. The van der Waals surface area contributed by atoms with E-state index in [1.165, 1.54) is 29.5 Å². The molecule has 0 bridgehead atoms. The highest BCUT2D eigenvalue weighted by Crippen LogP contribution is 2.50. The predicted octanol–water partition coefficient (Wildman–Crippen LogP) is 6.38. The Balaban J connectivity index is 1.25. The molecule has 3 heterocycles. The molecule has 4 atom stereocenters. The standard InChI is InChI=1S/C31H42FN5O/c1-5-28-25-15-21(14-24-17-27(19(2)3)36-35-20(24)4)16-29(25)37(28)13-12-26(23-10-11-30(32)33-18-23)34-31(38)22-8-6-7-9-22/h5,10-11,14,18-19,21-22,25-26,29H,6-9,12-13,15-17H2,1-4H3,(H,34,38)/b24-14-,28-5+/t21?,25?,26-,29?/m0/s1. The van der Waals surface area contributed by atoms with Gasteiger partial charge in [0.25, 0.3) is 0 Å². The molecule has 1 N–H and O–H groups in total. The van der Waals surface area contributed by atoms with Crippen molar-refractivity contribution in [2.45, 2.75) is 91.1 Å². The molecule has 7 heteroatoms. The fraction of sp³-hybridized carbons (Fsp3) is 0.613. The van der Waals surface area contributed by atoms with Gasteiger partial charge >= 0.3 is 0 Å². The highest BCUT2D eigenvalue weighted by Gasteiger charge is 2.48. The maximum absolute atomic E-state index is 13.5. The van der Waals surface area contributed by atoms with Gasteiger partial charge in [0.2, 0.25) is 11.9 Å².